The van der Waals surface area contributed by atoms with Gasteiger partial charge < -0.3 is 14.2 Å². The van der Waals surface area contributed by atoms with Crippen molar-refractivity contribution in [2.45, 2.75) is 58.8 Å². The standard InChI is InChI=1S/C27H34N2O3/c1-17-7-23-22(16-32-24(23)8-18(17)2)12-25(30)28-3-5-29(6-4-28)26(31)27-13-19-9-20(14-27)11-21(10-19)15-27/h7-8,16,19-21H,3-6,9-15H2,1-2H3. The number of furan rings is 1. The van der Waals surface area contributed by atoms with Gasteiger partial charge in [0, 0.05) is 37.1 Å². The quantitative estimate of drug-likeness (QED) is 0.716. The van der Waals surface area contributed by atoms with Crippen LogP contribution >= 0.6 is 0 Å². The maximum Gasteiger partial charge on any atom is 0.228 e. The number of hydrogen-bond acceptors (Lipinski definition) is 3. The van der Waals surface area contributed by atoms with Crippen molar-refractivity contribution in [2.24, 2.45) is 23.2 Å². The molecule has 1 aromatic carbocycles. The van der Waals surface area contributed by atoms with Gasteiger partial charge in [-0.15, -0.1) is 0 Å². The van der Waals surface area contributed by atoms with Gasteiger partial charge in [-0.1, -0.05) is 0 Å². The number of amides is 2. The summed E-state index contributed by atoms with van der Waals surface area (Å²) in [6.07, 6.45) is 9.51. The first kappa shape index (κ1) is 20.3. The normalized spacial score (nSPS) is 31.5. The summed E-state index contributed by atoms with van der Waals surface area (Å²) in [5.74, 6) is 2.88. The van der Waals surface area contributed by atoms with E-state index in [4.69, 9.17) is 4.42 Å². The number of piperazine rings is 1. The zero-order valence-corrected chi connectivity index (χ0v) is 19.4. The van der Waals surface area contributed by atoms with Crippen molar-refractivity contribution in [1.29, 1.82) is 0 Å². The molecule has 2 amide bonds. The lowest BCUT2D eigenvalue weighted by molar-refractivity contribution is -0.160. The molecule has 5 aliphatic rings. The van der Waals surface area contributed by atoms with Gasteiger partial charge in [-0.3, -0.25) is 9.59 Å². The van der Waals surface area contributed by atoms with Crippen molar-refractivity contribution in [3.05, 3.63) is 35.1 Å². The Morgan fingerprint density at radius 3 is 2.09 bits per heavy atom. The molecule has 2 heterocycles. The molecule has 1 aromatic heterocycles. The number of fused-ring (bicyclic) bond motifs is 1. The Labute approximate surface area is 190 Å². The van der Waals surface area contributed by atoms with Crippen LogP contribution in [0, 0.1) is 37.0 Å². The lowest BCUT2D eigenvalue weighted by atomic mass is 9.49. The minimum absolute atomic E-state index is 0.0768. The van der Waals surface area contributed by atoms with Gasteiger partial charge in [-0.2, -0.15) is 0 Å². The van der Waals surface area contributed by atoms with E-state index < -0.39 is 0 Å². The van der Waals surface area contributed by atoms with Gasteiger partial charge in [0.1, 0.15) is 5.58 Å². The van der Waals surface area contributed by atoms with E-state index in [0.29, 0.717) is 38.5 Å². The summed E-state index contributed by atoms with van der Waals surface area (Å²) in [6, 6.07) is 4.17. The maximum atomic E-state index is 13.6. The number of carbonyl (C=O) groups is 2. The SMILES string of the molecule is Cc1cc2occ(CC(=O)N3CCN(C(=O)C45CC6CC(CC(C6)C4)C5)CC3)c2cc1C. The van der Waals surface area contributed by atoms with Crippen molar-refractivity contribution in [2.75, 3.05) is 26.2 Å². The summed E-state index contributed by atoms with van der Waals surface area (Å²) < 4.78 is 5.71. The van der Waals surface area contributed by atoms with Crippen LogP contribution in [0.4, 0.5) is 0 Å². The van der Waals surface area contributed by atoms with E-state index in [1.165, 1.54) is 30.4 Å². The number of benzene rings is 1. The predicted octanol–water partition coefficient (Wildman–Crippen LogP) is 4.48. The number of aryl methyl sites for hydroxylation is 2. The largest absolute Gasteiger partial charge is 0.464 e. The van der Waals surface area contributed by atoms with Crippen molar-refractivity contribution in [1.82, 2.24) is 9.80 Å². The summed E-state index contributed by atoms with van der Waals surface area (Å²) in [5, 5.41) is 1.04. The van der Waals surface area contributed by atoms with E-state index in [1.54, 1.807) is 6.26 Å². The minimum atomic E-state index is -0.0768. The molecular formula is C27H34N2O3. The fourth-order valence-electron chi connectivity index (χ4n) is 7.61. The molecule has 2 aromatic rings. The molecule has 5 nitrogen and oxygen atoms in total. The van der Waals surface area contributed by atoms with Crippen molar-refractivity contribution in [3.63, 3.8) is 0 Å². The van der Waals surface area contributed by atoms with Crippen LogP contribution in [0.3, 0.4) is 0 Å². The number of rotatable bonds is 3. The molecule has 7 rings (SSSR count). The van der Waals surface area contributed by atoms with Crippen LogP contribution in [0.2, 0.25) is 0 Å². The van der Waals surface area contributed by atoms with E-state index in [2.05, 4.69) is 24.8 Å². The lowest BCUT2D eigenvalue weighted by Crippen LogP contribution is -2.58. The molecule has 0 N–H and O–H groups in total. The highest BCUT2D eigenvalue weighted by Crippen LogP contribution is 2.60. The van der Waals surface area contributed by atoms with Gasteiger partial charge in [-0.05, 0) is 93.4 Å². The van der Waals surface area contributed by atoms with E-state index in [9.17, 15) is 9.59 Å². The first-order valence-corrected chi connectivity index (χ1v) is 12.4. The third-order valence-electron chi connectivity index (χ3n) is 9.02. The van der Waals surface area contributed by atoms with Crippen molar-refractivity contribution >= 4 is 22.8 Å². The maximum absolute atomic E-state index is 13.6. The number of carbonyl (C=O) groups excluding carboxylic acids is 2. The van der Waals surface area contributed by atoms with Crippen LogP contribution in [-0.4, -0.2) is 47.8 Å². The first-order chi connectivity index (χ1) is 15.4. The van der Waals surface area contributed by atoms with Crippen LogP contribution in [0.25, 0.3) is 11.0 Å². The Kier molecular flexibility index (Phi) is 4.67. The molecule has 4 bridgehead atoms. The first-order valence-electron chi connectivity index (χ1n) is 12.4. The van der Waals surface area contributed by atoms with Gasteiger partial charge >= 0.3 is 0 Å². The molecule has 32 heavy (non-hydrogen) atoms. The number of nitrogens with zero attached hydrogens (tertiary/aromatic N) is 2. The fourth-order valence-corrected chi connectivity index (χ4v) is 7.61. The zero-order valence-electron chi connectivity index (χ0n) is 19.4. The molecule has 0 spiro atoms. The average molecular weight is 435 g/mol. The molecule has 1 saturated heterocycles. The molecular weight excluding hydrogens is 400 g/mol. The Balaban J connectivity index is 1.10. The van der Waals surface area contributed by atoms with E-state index in [1.807, 2.05) is 11.0 Å². The van der Waals surface area contributed by atoms with Crippen LogP contribution in [-0.2, 0) is 16.0 Å². The summed E-state index contributed by atoms with van der Waals surface area (Å²) >= 11 is 0. The second-order valence-electron chi connectivity index (χ2n) is 11.2. The van der Waals surface area contributed by atoms with Crippen LogP contribution < -0.4 is 0 Å². The molecule has 0 radical (unpaired) electrons. The van der Waals surface area contributed by atoms with Crippen molar-refractivity contribution < 1.29 is 14.0 Å². The fraction of sp³-hybridized carbons (Fsp3) is 0.630. The number of hydrogen-bond donors (Lipinski definition) is 0. The summed E-state index contributed by atoms with van der Waals surface area (Å²) in [6.45, 7) is 6.81. The molecule has 5 heteroatoms. The van der Waals surface area contributed by atoms with Crippen molar-refractivity contribution in [3.8, 4) is 0 Å². The minimum Gasteiger partial charge on any atom is -0.464 e. The third-order valence-corrected chi connectivity index (χ3v) is 9.02. The topological polar surface area (TPSA) is 53.8 Å². The van der Waals surface area contributed by atoms with E-state index in [-0.39, 0.29) is 11.3 Å². The summed E-state index contributed by atoms with van der Waals surface area (Å²) in [4.78, 5) is 30.7. The smallest absolute Gasteiger partial charge is 0.228 e. The van der Waals surface area contributed by atoms with E-state index >= 15 is 0 Å². The van der Waals surface area contributed by atoms with Gasteiger partial charge in [0.25, 0.3) is 0 Å². The second-order valence-corrected chi connectivity index (χ2v) is 11.2. The lowest BCUT2D eigenvalue weighted by Gasteiger charge is -2.57. The average Bonchev–Trinajstić information content (AvgIpc) is 3.14. The molecule has 5 fully saturated rings. The van der Waals surface area contributed by atoms with Gasteiger partial charge in [0.2, 0.25) is 11.8 Å². The Hall–Kier alpha value is -2.30. The predicted molar refractivity (Wildman–Crippen MR) is 123 cm³/mol. The Morgan fingerprint density at radius 1 is 0.906 bits per heavy atom. The molecule has 0 unspecified atom stereocenters. The third kappa shape index (κ3) is 3.27. The molecule has 1 aliphatic heterocycles. The van der Waals surface area contributed by atoms with Gasteiger partial charge in [0.15, 0.2) is 0 Å². The van der Waals surface area contributed by atoms with Crippen LogP contribution in [0.1, 0.15) is 55.2 Å². The summed E-state index contributed by atoms with van der Waals surface area (Å²) in [5.41, 5.74) is 4.14. The molecule has 4 aliphatic carbocycles. The highest BCUT2D eigenvalue weighted by Gasteiger charge is 2.55. The highest BCUT2D eigenvalue weighted by atomic mass is 16.3. The molecule has 4 saturated carbocycles. The van der Waals surface area contributed by atoms with E-state index in [0.717, 1.165) is 53.5 Å². The Morgan fingerprint density at radius 2 is 1.47 bits per heavy atom. The van der Waals surface area contributed by atoms with Gasteiger partial charge in [-0.25, -0.2) is 0 Å². The van der Waals surface area contributed by atoms with Crippen LogP contribution in [0.15, 0.2) is 22.8 Å². The second kappa shape index (κ2) is 7.36. The van der Waals surface area contributed by atoms with Gasteiger partial charge in [0.05, 0.1) is 18.1 Å². The molecule has 0 atom stereocenters. The molecule has 170 valence electrons. The highest BCUT2D eigenvalue weighted by molar-refractivity contribution is 5.89. The monoisotopic (exact) mass is 434 g/mol. The van der Waals surface area contributed by atoms with Crippen LogP contribution in [0.5, 0.6) is 0 Å². The Bertz CT molecular complexity index is 1040. The zero-order chi connectivity index (χ0) is 22.0. The summed E-state index contributed by atoms with van der Waals surface area (Å²) in [7, 11) is 0.